The lowest BCUT2D eigenvalue weighted by Crippen LogP contribution is -2.49. The third-order valence-corrected chi connectivity index (χ3v) is 7.89. The highest BCUT2D eigenvalue weighted by atomic mass is 19.1. The summed E-state index contributed by atoms with van der Waals surface area (Å²) in [5.74, 6) is -2.01. The molecular formula is C33H41FN2O6. The Morgan fingerprint density at radius 1 is 1.05 bits per heavy atom. The summed E-state index contributed by atoms with van der Waals surface area (Å²) in [6.45, 7) is 6.20. The molecule has 0 radical (unpaired) electrons. The van der Waals surface area contributed by atoms with Gasteiger partial charge in [-0.05, 0) is 49.1 Å². The van der Waals surface area contributed by atoms with Crippen LogP contribution in [0.25, 0.3) is 0 Å². The summed E-state index contributed by atoms with van der Waals surface area (Å²) in [6, 6.07) is 15.9. The molecule has 8 nitrogen and oxygen atoms in total. The molecule has 4 atom stereocenters. The van der Waals surface area contributed by atoms with Crippen LogP contribution in [-0.4, -0.2) is 80.6 Å². The van der Waals surface area contributed by atoms with Crippen molar-refractivity contribution >= 4 is 17.5 Å². The molecule has 1 N–H and O–H groups in total. The Morgan fingerprint density at radius 2 is 1.69 bits per heavy atom. The summed E-state index contributed by atoms with van der Waals surface area (Å²) in [4.78, 5) is 42.4. The van der Waals surface area contributed by atoms with Crippen LogP contribution in [0.5, 0.6) is 5.75 Å². The number of nitrogens with zero attached hydrogens (tertiary/aromatic N) is 1. The molecule has 2 aliphatic rings. The lowest BCUT2D eigenvalue weighted by molar-refractivity contribution is -0.134. The molecule has 0 saturated carbocycles. The van der Waals surface area contributed by atoms with E-state index in [0.717, 1.165) is 11.1 Å². The molecule has 42 heavy (non-hydrogen) atoms. The summed E-state index contributed by atoms with van der Waals surface area (Å²) in [5.41, 5.74) is 0.817. The number of ether oxygens (including phenoxy) is 3. The van der Waals surface area contributed by atoms with Crippen LogP contribution in [0.15, 0.2) is 66.5 Å². The number of Topliss-reactive ketones (excluding diaryl/α,β-unsaturated/α-hetero) is 2. The summed E-state index contributed by atoms with van der Waals surface area (Å²) < 4.78 is 30.8. The van der Waals surface area contributed by atoms with Gasteiger partial charge in [-0.25, -0.2) is 4.39 Å². The standard InChI is InChI=1S/C33H41FN2O6/c1-23(17-27(34)21-36-13-15-41-16-14-36)30(37)20-26(18-25-9-11-28(40-3)12-10-25)32(39)35-29(31(38)33(2)22-42-33)19-24-7-5-4-6-8-24/h4-12,17,23,26,29H,13-16,18-22H2,1-3H3,(H,35,39)/b27-17-. The number of allylic oxidation sites excluding steroid dienone is 1. The van der Waals surface area contributed by atoms with Crippen molar-refractivity contribution in [1.82, 2.24) is 10.2 Å². The maximum atomic E-state index is 14.8. The van der Waals surface area contributed by atoms with Crippen LogP contribution < -0.4 is 10.1 Å². The molecule has 9 heteroatoms. The predicted octanol–water partition coefficient (Wildman–Crippen LogP) is 3.72. The SMILES string of the molecule is COc1ccc(CC(CC(=O)C(C)/C=C(\F)CN2CCOCC2)C(=O)NC(Cc2ccccc2)C(=O)C2(C)CO2)cc1. The average Bonchev–Trinajstić information content (AvgIpc) is 3.75. The predicted molar refractivity (Wildman–Crippen MR) is 157 cm³/mol. The molecule has 2 aromatic rings. The van der Waals surface area contributed by atoms with Gasteiger partial charge < -0.3 is 19.5 Å². The summed E-state index contributed by atoms with van der Waals surface area (Å²) in [7, 11) is 1.57. The van der Waals surface area contributed by atoms with Gasteiger partial charge in [0.05, 0.1) is 39.5 Å². The number of carbonyl (C=O) groups excluding carboxylic acids is 3. The summed E-state index contributed by atoms with van der Waals surface area (Å²) >= 11 is 0. The van der Waals surface area contributed by atoms with Crippen LogP contribution in [0.1, 0.15) is 31.4 Å². The van der Waals surface area contributed by atoms with E-state index in [2.05, 4.69) is 5.32 Å². The van der Waals surface area contributed by atoms with Gasteiger partial charge in [0.15, 0.2) is 5.78 Å². The van der Waals surface area contributed by atoms with Gasteiger partial charge in [0.2, 0.25) is 5.91 Å². The van der Waals surface area contributed by atoms with Gasteiger partial charge in [0.1, 0.15) is 23.0 Å². The Hall–Kier alpha value is -3.40. The molecule has 0 aliphatic carbocycles. The lowest BCUT2D eigenvalue weighted by atomic mass is 9.88. The van der Waals surface area contributed by atoms with Gasteiger partial charge in [-0.15, -0.1) is 0 Å². The average molecular weight is 581 g/mol. The van der Waals surface area contributed by atoms with Crippen LogP contribution in [-0.2, 0) is 36.7 Å². The van der Waals surface area contributed by atoms with Crippen molar-refractivity contribution in [3.05, 3.63) is 77.6 Å². The number of carbonyl (C=O) groups is 3. The fourth-order valence-electron chi connectivity index (χ4n) is 5.09. The summed E-state index contributed by atoms with van der Waals surface area (Å²) in [5, 5.41) is 2.94. The maximum Gasteiger partial charge on any atom is 0.224 e. The number of epoxide rings is 1. The van der Waals surface area contributed by atoms with Crippen LogP contribution in [0.4, 0.5) is 4.39 Å². The van der Waals surface area contributed by atoms with Crippen molar-refractivity contribution in [3.63, 3.8) is 0 Å². The first kappa shape index (κ1) is 31.5. The zero-order valence-electron chi connectivity index (χ0n) is 24.6. The van der Waals surface area contributed by atoms with Crippen molar-refractivity contribution in [3.8, 4) is 5.75 Å². The first-order chi connectivity index (χ1) is 20.2. The largest absolute Gasteiger partial charge is 0.497 e. The van der Waals surface area contributed by atoms with E-state index in [-0.39, 0.29) is 36.8 Å². The van der Waals surface area contributed by atoms with E-state index in [9.17, 15) is 18.8 Å². The van der Waals surface area contributed by atoms with Gasteiger partial charge in [-0.1, -0.05) is 49.4 Å². The normalized spacial score (nSPS) is 21.2. The highest BCUT2D eigenvalue weighted by Gasteiger charge is 2.50. The van der Waals surface area contributed by atoms with Crippen LogP contribution in [0, 0.1) is 11.8 Å². The number of benzene rings is 2. The third-order valence-electron chi connectivity index (χ3n) is 7.89. The first-order valence-corrected chi connectivity index (χ1v) is 14.5. The van der Waals surface area contributed by atoms with Crippen molar-refractivity contribution in [2.75, 3.05) is 46.6 Å². The zero-order chi connectivity index (χ0) is 30.1. The number of halogens is 1. The number of ketones is 2. The topological polar surface area (TPSA) is 97.5 Å². The number of rotatable bonds is 15. The minimum Gasteiger partial charge on any atom is -0.497 e. The molecule has 0 spiro atoms. The van der Waals surface area contributed by atoms with Gasteiger partial charge in [-0.3, -0.25) is 19.3 Å². The van der Waals surface area contributed by atoms with Crippen LogP contribution >= 0.6 is 0 Å². The van der Waals surface area contributed by atoms with Gasteiger partial charge in [0.25, 0.3) is 0 Å². The molecule has 0 bridgehead atoms. The Labute approximate surface area is 247 Å². The lowest BCUT2D eigenvalue weighted by Gasteiger charge is -2.26. The Bertz CT molecular complexity index is 1240. The second-order valence-electron chi connectivity index (χ2n) is 11.3. The van der Waals surface area contributed by atoms with Crippen molar-refractivity contribution in [2.45, 2.75) is 44.8 Å². The van der Waals surface area contributed by atoms with Gasteiger partial charge in [0, 0.05) is 31.3 Å². The molecule has 4 rings (SSSR count). The molecule has 0 aromatic heterocycles. The van der Waals surface area contributed by atoms with E-state index in [0.29, 0.717) is 45.1 Å². The van der Waals surface area contributed by atoms with Crippen molar-refractivity contribution in [1.29, 1.82) is 0 Å². The van der Waals surface area contributed by atoms with Gasteiger partial charge >= 0.3 is 0 Å². The van der Waals surface area contributed by atoms with E-state index in [1.807, 2.05) is 47.4 Å². The molecule has 2 heterocycles. The fourth-order valence-corrected chi connectivity index (χ4v) is 5.09. The van der Waals surface area contributed by atoms with E-state index in [4.69, 9.17) is 14.2 Å². The third kappa shape index (κ3) is 9.05. The van der Waals surface area contributed by atoms with E-state index in [1.54, 1.807) is 33.1 Å². The summed E-state index contributed by atoms with van der Waals surface area (Å²) in [6.07, 6.45) is 1.82. The highest BCUT2D eigenvalue weighted by molar-refractivity contribution is 5.97. The number of methoxy groups -OCH3 is 1. The minimum absolute atomic E-state index is 0.0968. The van der Waals surface area contributed by atoms with Crippen LogP contribution in [0.2, 0.25) is 0 Å². The number of hydrogen-bond acceptors (Lipinski definition) is 7. The Morgan fingerprint density at radius 3 is 2.31 bits per heavy atom. The number of nitrogens with one attached hydrogen (secondary N) is 1. The van der Waals surface area contributed by atoms with Gasteiger partial charge in [-0.2, -0.15) is 0 Å². The second kappa shape index (κ2) is 14.7. The molecule has 1 amide bonds. The fraction of sp³-hybridized carbons (Fsp3) is 0.485. The maximum absolute atomic E-state index is 14.8. The van der Waals surface area contributed by atoms with Crippen LogP contribution in [0.3, 0.4) is 0 Å². The molecule has 2 saturated heterocycles. The van der Waals surface area contributed by atoms with E-state index in [1.165, 1.54) is 6.08 Å². The Kier molecular flexibility index (Phi) is 11.0. The van der Waals surface area contributed by atoms with Crippen molar-refractivity contribution < 1.29 is 33.0 Å². The highest BCUT2D eigenvalue weighted by Crippen LogP contribution is 2.29. The second-order valence-corrected chi connectivity index (χ2v) is 11.3. The van der Waals surface area contributed by atoms with E-state index < -0.39 is 29.4 Å². The molecule has 226 valence electrons. The minimum atomic E-state index is -0.925. The first-order valence-electron chi connectivity index (χ1n) is 14.5. The van der Waals surface area contributed by atoms with Crippen molar-refractivity contribution in [2.24, 2.45) is 11.8 Å². The molecule has 2 aliphatic heterocycles. The molecule has 2 aromatic carbocycles. The monoisotopic (exact) mass is 580 g/mol. The quantitative estimate of drug-likeness (QED) is 0.321. The smallest absolute Gasteiger partial charge is 0.224 e. The Balaban J connectivity index is 1.49. The zero-order valence-corrected chi connectivity index (χ0v) is 24.6. The number of hydrogen-bond donors (Lipinski definition) is 1. The van der Waals surface area contributed by atoms with E-state index >= 15 is 0 Å². The molecular weight excluding hydrogens is 539 g/mol. The molecule has 4 unspecified atom stereocenters. The number of amides is 1. The molecule has 2 fully saturated rings. The number of morpholine rings is 1.